The molecule has 2 amide bonds. The highest BCUT2D eigenvalue weighted by Gasteiger charge is 2.19. The van der Waals surface area contributed by atoms with Crippen molar-refractivity contribution in [1.29, 1.82) is 0 Å². The van der Waals surface area contributed by atoms with Crippen LogP contribution in [0.15, 0.2) is 29.6 Å². The summed E-state index contributed by atoms with van der Waals surface area (Å²) in [4.78, 5) is 30.1. The fourth-order valence-corrected chi connectivity index (χ4v) is 3.44. The van der Waals surface area contributed by atoms with Crippen LogP contribution in [-0.4, -0.2) is 41.3 Å². The van der Waals surface area contributed by atoms with Crippen LogP contribution in [0.2, 0.25) is 5.02 Å². The normalized spacial score (nSPS) is 14.0. The molecule has 0 saturated carbocycles. The molecule has 0 bridgehead atoms. The van der Waals surface area contributed by atoms with Crippen LogP contribution in [0.25, 0.3) is 10.6 Å². The summed E-state index contributed by atoms with van der Waals surface area (Å²) >= 11 is 7.34. The second kappa shape index (κ2) is 7.10. The lowest BCUT2D eigenvalue weighted by atomic mass is 10.2. The van der Waals surface area contributed by atoms with Crippen LogP contribution in [0.3, 0.4) is 0 Å². The molecule has 23 heavy (non-hydrogen) atoms. The summed E-state index contributed by atoms with van der Waals surface area (Å²) in [5.41, 5.74) is 1.19. The topological polar surface area (TPSA) is 62.3 Å². The van der Waals surface area contributed by atoms with E-state index in [1.165, 1.54) is 11.3 Å². The Labute approximate surface area is 143 Å². The Bertz CT molecular complexity index is 726. The Morgan fingerprint density at radius 2 is 2.09 bits per heavy atom. The standard InChI is InChI=1S/C16H16ClN3O2S/c17-12-5-3-4-11(8-12)16-19-13(10-23-16)15(22)18-9-14(21)20-6-1-2-7-20/h3-5,8,10H,1-2,6-7,9H2,(H,18,22). The van der Waals surface area contributed by atoms with E-state index in [1.54, 1.807) is 22.4 Å². The number of nitrogens with one attached hydrogen (secondary N) is 1. The predicted molar refractivity (Wildman–Crippen MR) is 90.7 cm³/mol. The van der Waals surface area contributed by atoms with E-state index >= 15 is 0 Å². The van der Waals surface area contributed by atoms with E-state index in [9.17, 15) is 9.59 Å². The lowest BCUT2D eigenvalue weighted by molar-refractivity contribution is -0.129. The number of hydrogen-bond acceptors (Lipinski definition) is 4. The van der Waals surface area contributed by atoms with Crippen LogP contribution in [-0.2, 0) is 4.79 Å². The lowest BCUT2D eigenvalue weighted by Gasteiger charge is -2.15. The number of carbonyl (C=O) groups excluding carboxylic acids is 2. The van der Waals surface area contributed by atoms with Crippen molar-refractivity contribution in [3.05, 3.63) is 40.4 Å². The molecule has 1 aromatic carbocycles. The molecule has 0 aliphatic carbocycles. The summed E-state index contributed by atoms with van der Waals surface area (Å²) in [5.74, 6) is -0.372. The highest BCUT2D eigenvalue weighted by Crippen LogP contribution is 2.25. The number of halogens is 1. The summed E-state index contributed by atoms with van der Waals surface area (Å²) in [7, 11) is 0. The van der Waals surface area contributed by atoms with Crippen molar-refractivity contribution in [1.82, 2.24) is 15.2 Å². The van der Waals surface area contributed by atoms with E-state index in [0.717, 1.165) is 36.5 Å². The minimum atomic E-state index is -0.331. The monoisotopic (exact) mass is 349 g/mol. The highest BCUT2D eigenvalue weighted by atomic mass is 35.5. The minimum absolute atomic E-state index is 0.0167. The first-order chi connectivity index (χ1) is 11.1. The Hall–Kier alpha value is -1.92. The van der Waals surface area contributed by atoms with Crippen molar-refractivity contribution in [3.8, 4) is 10.6 Å². The minimum Gasteiger partial charge on any atom is -0.342 e. The van der Waals surface area contributed by atoms with Gasteiger partial charge in [0, 0.05) is 29.1 Å². The van der Waals surface area contributed by atoms with Gasteiger partial charge in [0.25, 0.3) is 5.91 Å². The zero-order valence-corrected chi connectivity index (χ0v) is 14.0. The molecule has 1 N–H and O–H groups in total. The Morgan fingerprint density at radius 1 is 1.30 bits per heavy atom. The molecule has 1 fully saturated rings. The Kier molecular flexibility index (Phi) is 4.93. The molecule has 1 saturated heterocycles. The molecule has 5 nitrogen and oxygen atoms in total. The molecule has 7 heteroatoms. The lowest BCUT2D eigenvalue weighted by Crippen LogP contribution is -2.38. The smallest absolute Gasteiger partial charge is 0.271 e. The van der Waals surface area contributed by atoms with Crippen LogP contribution >= 0.6 is 22.9 Å². The number of likely N-dealkylation sites (tertiary alicyclic amines) is 1. The second-order valence-corrected chi connectivity index (χ2v) is 6.61. The van der Waals surface area contributed by atoms with E-state index in [2.05, 4.69) is 10.3 Å². The quantitative estimate of drug-likeness (QED) is 0.923. The van der Waals surface area contributed by atoms with Crippen molar-refractivity contribution >= 4 is 34.8 Å². The van der Waals surface area contributed by atoms with Gasteiger partial charge >= 0.3 is 0 Å². The summed E-state index contributed by atoms with van der Waals surface area (Å²) < 4.78 is 0. The Balaban J connectivity index is 1.61. The number of nitrogens with zero attached hydrogens (tertiary/aromatic N) is 2. The van der Waals surface area contributed by atoms with E-state index in [-0.39, 0.29) is 18.4 Å². The van der Waals surface area contributed by atoms with E-state index in [1.807, 2.05) is 12.1 Å². The van der Waals surface area contributed by atoms with Crippen LogP contribution < -0.4 is 5.32 Å². The van der Waals surface area contributed by atoms with Gasteiger partial charge in [-0.25, -0.2) is 4.98 Å². The predicted octanol–water partition coefficient (Wildman–Crippen LogP) is 2.82. The number of hydrogen-bond donors (Lipinski definition) is 1. The van der Waals surface area contributed by atoms with Gasteiger partial charge in [-0.1, -0.05) is 23.7 Å². The fraction of sp³-hybridized carbons (Fsp3) is 0.312. The number of benzene rings is 1. The second-order valence-electron chi connectivity index (χ2n) is 5.32. The molecule has 2 aromatic rings. The molecule has 0 radical (unpaired) electrons. The summed E-state index contributed by atoms with van der Waals surface area (Å²) in [6.07, 6.45) is 2.07. The molecule has 0 spiro atoms. The van der Waals surface area contributed by atoms with Gasteiger partial charge in [-0.05, 0) is 25.0 Å². The van der Waals surface area contributed by atoms with E-state index in [4.69, 9.17) is 11.6 Å². The fourth-order valence-electron chi connectivity index (χ4n) is 2.46. The molecule has 0 unspecified atom stereocenters. The van der Waals surface area contributed by atoms with Gasteiger partial charge in [-0.3, -0.25) is 9.59 Å². The van der Waals surface area contributed by atoms with E-state index < -0.39 is 0 Å². The molecular weight excluding hydrogens is 334 g/mol. The van der Waals surface area contributed by atoms with Crippen molar-refractivity contribution in [2.75, 3.05) is 19.6 Å². The molecular formula is C16H16ClN3O2S. The van der Waals surface area contributed by atoms with Crippen molar-refractivity contribution < 1.29 is 9.59 Å². The van der Waals surface area contributed by atoms with Crippen molar-refractivity contribution in [2.45, 2.75) is 12.8 Å². The average Bonchev–Trinajstić information content (AvgIpc) is 3.23. The zero-order chi connectivity index (χ0) is 16.2. The van der Waals surface area contributed by atoms with Crippen molar-refractivity contribution in [3.63, 3.8) is 0 Å². The maximum Gasteiger partial charge on any atom is 0.271 e. The third kappa shape index (κ3) is 3.89. The molecule has 0 atom stereocenters. The van der Waals surface area contributed by atoms with Gasteiger partial charge in [-0.2, -0.15) is 0 Å². The summed E-state index contributed by atoms with van der Waals surface area (Å²) in [6.45, 7) is 1.58. The van der Waals surface area contributed by atoms with Crippen LogP contribution in [0.4, 0.5) is 0 Å². The number of aromatic nitrogens is 1. The van der Waals surface area contributed by atoms with Gasteiger partial charge in [-0.15, -0.1) is 11.3 Å². The zero-order valence-electron chi connectivity index (χ0n) is 12.4. The first-order valence-corrected chi connectivity index (χ1v) is 8.67. The SMILES string of the molecule is O=C(NCC(=O)N1CCCC1)c1csc(-c2cccc(Cl)c2)n1. The maximum absolute atomic E-state index is 12.1. The van der Waals surface area contributed by atoms with Gasteiger partial charge in [0.1, 0.15) is 10.7 Å². The Morgan fingerprint density at radius 3 is 2.83 bits per heavy atom. The van der Waals surface area contributed by atoms with E-state index in [0.29, 0.717) is 10.7 Å². The van der Waals surface area contributed by atoms with Gasteiger partial charge in [0.05, 0.1) is 6.54 Å². The molecule has 2 heterocycles. The van der Waals surface area contributed by atoms with Crippen LogP contribution in [0, 0.1) is 0 Å². The van der Waals surface area contributed by atoms with Gasteiger partial charge in [0.15, 0.2) is 0 Å². The van der Waals surface area contributed by atoms with Crippen LogP contribution in [0.1, 0.15) is 23.3 Å². The number of carbonyl (C=O) groups is 2. The highest BCUT2D eigenvalue weighted by molar-refractivity contribution is 7.13. The van der Waals surface area contributed by atoms with Crippen molar-refractivity contribution in [2.24, 2.45) is 0 Å². The molecule has 120 valence electrons. The molecule has 3 rings (SSSR count). The summed E-state index contributed by atoms with van der Waals surface area (Å²) in [5, 5.41) is 5.68. The first-order valence-electron chi connectivity index (χ1n) is 7.41. The number of amides is 2. The molecule has 1 aliphatic rings. The molecule has 1 aromatic heterocycles. The average molecular weight is 350 g/mol. The van der Waals surface area contributed by atoms with Crippen LogP contribution in [0.5, 0.6) is 0 Å². The third-order valence-electron chi connectivity index (χ3n) is 3.67. The maximum atomic E-state index is 12.1. The number of rotatable bonds is 4. The van der Waals surface area contributed by atoms with Gasteiger partial charge in [0.2, 0.25) is 5.91 Å². The van der Waals surface area contributed by atoms with Gasteiger partial charge < -0.3 is 10.2 Å². The number of thiazole rings is 1. The third-order valence-corrected chi connectivity index (χ3v) is 4.79. The summed E-state index contributed by atoms with van der Waals surface area (Å²) in [6, 6.07) is 7.33. The molecule has 1 aliphatic heterocycles. The first kappa shape index (κ1) is 16.0. The largest absolute Gasteiger partial charge is 0.342 e.